The Hall–Kier alpha value is -3.32. The molecular formula is C23H26N6O. The van der Waals surface area contributed by atoms with Crippen LogP contribution in [0.25, 0.3) is 33.7 Å². The molecule has 0 atom stereocenters. The van der Waals surface area contributed by atoms with Crippen molar-refractivity contribution in [1.29, 1.82) is 0 Å². The SMILES string of the molecule is Cc1cccc(-c2[nH]c(C(C)(C)C)nc2-c2ccc3ncc(OCCN)nc3c2)n1. The second-order valence-electron chi connectivity index (χ2n) is 8.27. The van der Waals surface area contributed by atoms with Gasteiger partial charge in [0.25, 0.3) is 0 Å². The van der Waals surface area contributed by atoms with Gasteiger partial charge in [-0.15, -0.1) is 0 Å². The molecule has 0 bridgehead atoms. The van der Waals surface area contributed by atoms with Crippen molar-refractivity contribution in [3.63, 3.8) is 0 Å². The maximum absolute atomic E-state index is 5.53. The van der Waals surface area contributed by atoms with Gasteiger partial charge in [-0.1, -0.05) is 32.9 Å². The normalized spacial score (nSPS) is 11.8. The Balaban J connectivity index is 1.86. The Morgan fingerprint density at radius 2 is 1.87 bits per heavy atom. The maximum atomic E-state index is 5.53. The number of aryl methyl sites for hydroxylation is 1. The van der Waals surface area contributed by atoms with Gasteiger partial charge in [0.1, 0.15) is 12.4 Å². The molecule has 3 N–H and O–H groups in total. The number of benzene rings is 1. The van der Waals surface area contributed by atoms with Crippen LogP contribution in [0, 0.1) is 6.92 Å². The summed E-state index contributed by atoms with van der Waals surface area (Å²) in [7, 11) is 0. The number of aromatic nitrogens is 5. The third-order valence-electron chi connectivity index (χ3n) is 4.72. The van der Waals surface area contributed by atoms with Crippen LogP contribution in [0.15, 0.2) is 42.6 Å². The molecule has 3 heterocycles. The zero-order valence-corrected chi connectivity index (χ0v) is 17.7. The quantitative estimate of drug-likeness (QED) is 0.522. The molecule has 1 aromatic carbocycles. The topological polar surface area (TPSA) is 103 Å². The zero-order chi connectivity index (χ0) is 21.3. The van der Waals surface area contributed by atoms with E-state index in [2.05, 4.69) is 35.7 Å². The molecule has 7 heteroatoms. The summed E-state index contributed by atoms with van der Waals surface area (Å²) in [5, 5.41) is 0. The monoisotopic (exact) mass is 402 g/mol. The first-order chi connectivity index (χ1) is 14.3. The lowest BCUT2D eigenvalue weighted by atomic mass is 9.96. The number of rotatable bonds is 5. The summed E-state index contributed by atoms with van der Waals surface area (Å²) in [5.41, 5.74) is 11.4. The summed E-state index contributed by atoms with van der Waals surface area (Å²) >= 11 is 0. The van der Waals surface area contributed by atoms with Crippen molar-refractivity contribution in [3.05, 3.63) is 54.1 Å². The molecule has 4 aromatic rings. The number of imidazole rings is 1. The van der Waals surface area contributed by atoms with Crippen LogP contribution in [0.1, 0.15) is 32.3 Å². The minimum atomic E-state index is -0.128. The first-order valence-electron chi connectivity index (χ1n) is 10.00. The van der Waals surface area contributed by atoms with Crippen molar-refractivity contribution in [1.82, 2.24) is 24.9 Å². The zero-order valence-electron chi connectivity index (χ0n) is 17.7. The number of fused-ring (bicyclic) bond motifs is 1. The fraction of sp³-hybridized carbons (Fsp3) is 0.304. The van der Waals surface area contributed by atoms with E-state index in [1.165, 1.54) is 0 Å². The number of nitrogens with zero attached hydrogens (tertiary/aromatic N) is 4. The number of pyridine rings is 1. The summed E-state index contributed by atoms with van der Waals surface area (Å²) in [6.07, 6.45) is 1.62. The highest BCUT2D eigenvalue weighted by molar-refractivity contribution is 5.85. The first kappa shape index (κ1) is 20.0. The lowest BCUT2D eigenvalue weighted by molar-refractivity contribution is 0.315. The highest BCUT2D eigenvalue weighted by Crippen LogP contribution is 2.33. The maximum Gasteiger partial charge on any atom is 0.232 e. The van der Waals surface area contributed by atoms with Gasteiger partial charge in [0.05, 0.1) is 34.3 Å². The summed E-state index contributed by atoms with van der Waals surface area (Å²) in [5.74, 6) is 1.37. The fourth-order valence-corrected chi connectivity index (χ4v) is 3.18. The van der Waals surface area contributed by atoms with Crippen LogP contribution in [0.2, 0.25) is 0 Å². The number of aromatic amines is 1. The predicted molar refractivity (Wildman–Crippen MR) is 118 cm³/mol. The third kappa shape index (κ3) is 4.02. The van der Waals surface area contributed by atoms with E-state index >= 15 is 0 Å². The van der Waals surface area contributed by atoms with E-state index in [0.717, 1.165) is 45.2 Å². The fourth-order valence-electron chi connectivity index (χ4n) is 3.18. The first-order valence-corrected chi connectivity index (χ1v) is 10.00. The van der Waals surface area contributed by atoms with Gasteiger partial charge in [-0.25, -0.2) is 15.0 Å². The van der Waals surface area contributed by atoms with Crippen LogP contribution >= 0.6 is 0 Å². The van der Waals surface area contributed by atoms with Gasteiger partial charge >= 0.3 is 0 Å². The van der Waals surface area contributed by atoms with Gasteiger partial charge in [0.15, 0.2) is 0 Å². The molecule has 0 aliphatic heterocycles. The van der Waals surface area contributed by atoms with Crippen LogP contribution < -0.4 is 10.5 Å². The van der Waals surface area contributed by atoms with Gasteiger partial charge in [-0.2, -0.15) is 0 Å². The van der Waals surface area contributed by atoms with E-state index in [0.29, 0.717) is 19.0 Å². The van der Waals surface area contributed by atoms with Crippen molar-refractivity contribution in [2.24, 2.45) is 5.73 Å². The summed E-state index contributed by atoms with van der Waals surface area (Å²) in [6.45, 7) is 9.22. The standard InChI is InChI=1S/C23H26N6O/c1-14-6-5-7-17(26-14)21-20(28-22(29-21)23(2,3)4)15-8-9-16-18(12-15)27-19(13-25-16)30-11-10-24/h5-9,12-13H,10-11,24H2,1-4H3,(H,28,29). The van der Waals surface area contributed by atoms with Crippen LogP contribution in [0.5, 0.6) is 5.88 Å². The smallest absolute Gasteiger partial charge is 0.232 e. The van der Waals surface area contributed by atoms with Gasteiger partial charge in [0, 0.05) is 23.2 Å². The largest absolute Gasteiger partial charge is 0.475 e. The summed E-state index contributed by atoms with van der Waals surface area (Å²) in [4.78, 5) is 22.2. The molecule has 3 aromatic heterocycles. The molecule has 0 saturated heterocycles. The van der Waals surface area contributed by atoms with Gasteiger partial charge < -0.3 is 15.5 Å². The van der Waals surface area contributed by atoms with Gasteiger partial charge in [0.2, 0.25) is 5.88 Å². The molecule has 0 radical (unpaired) electrons. The molecule has 4 rings (SSSR count). The lowest BCUT2D eigenvalue weighted by Crippen LogP contribution is -2.13. The number of nitrogens with two attached hydrogens (primary N) is 1. The van der Waals surface area contributed by atoms with Crippen molar-refractivity contribution >= 4 is 11.0 Å². The number of hydrogen-bond acceptors (Lipinski definition) is 6. The van der Waals surface area contributed by atoms with Crippen molar-refractivity contribution in [3.8, 4) is 28.5 Å². The number of hydrogen-bond donors (Lipinski definition) is 2. The van der Waals surface area contributed by atoms with E-state index < -0.39 is 0 Å². The molecule has 7 nitrogen and oxygen atoms in total. The molecule has 0 fully saturated rings. The number of H-pyrrole nitrogens is 1. The van der Waals surface area contributed by atoms with Crippen LogP contribution in [-0.4, -0.2) is 38.1 Å². The van der Waals surface area contributed by atoms with Crippen LogP contribution in [0.3, 0.4) is 0 Å². The average Bonchev–Trinajstić information content (AvgIpc) is 3.18. The van der Waals surface area contributed by atoms with Crippen LogP contribution in [0.4, 0.5) is 0 Å². The van der Waals surface area contributed by atoms with Gasteiger partial charge in [-0.3, -0.25) is 4.98 Å². The molecule has 0 saturated carbocycles. The Kier molecular flexibility index (Phi) is 5.22. The van der Waals surface area contributed by atoms with E-state index in [-0.39, 0.29) is 5.41 Å². The average molecular weight is 403 g/mol. The van der Waals surface area contributed by atoms with Crippen molar-refractivity contribution < 1.29 is 4.74 Å². The van der Waals surface area contributed by atoms with E-state index in [9.17, 15) is 0 Å². The minimum Gasteiger partial charge on any atom is -0.475 e. The molecule has 0 spiro atoms. The third-order valence-corrected chi connectivity index (χ3v) is 4.72. The predicted octanol–water partition coefficient (Wildman–Crippen LogP) is 4.03. The molecule has 0 amide bonds. The Bertz CT molecular complexity index is 1190. The molecule has 0 unspecified atom stereocenters. The highest BCUT2D eigenvalue weighted by Gasteiger charge is 2.23. The molecule has 30 heavy (non-hydrogen) atoms. The second-order valence-corrected chi connectivity index (χ2v) is 8.27. The van der Waals surface area contributed by atoms with E-state index in [4.69, 9.17) is 20.4 Å². The summed E-state index contributed by atoms with van der Waals surface area (Å²) in [6, 6.07) is 11.9. The van der Waals surface area contributed by atoms with Crippen molar-refractivity contribution in [2.75, 3.05) is 13.2 Å². The van der Waals surface area contributed by atoms with Crippen molar-refractivity contribution in [2.45, 2.75) is 33.1 Å². The molecule has 0 aliphatic carbocycles. The molecule has 0 aliphatic rings. The highest BCUT2D eigenvalue weighted by atomic mass is 16.5. The van der Waals surface area contributed by atoms with Crippen LogP contribution in [-0.2, 0) is 5.41 Å². The number of nitrogens with one attached hydrogen (secondary N) is 1. The minimum absolute atomic E-state index is 0.128. The molecular weight excluding hydrogens is 376 g/mol. The lowest BCUT2D eigenvalue weighted by Gasteiger charge is -2.14. The summed E-state index contributed by atoms with van der Waals surface area (Å²) < 4.78 is 5.53. The van der Waals surface area contributed by atoms with Gasteiger partial charge in [-0.05, 0) is 31.2 Å². The van der Waals surface area contributed by atoms with E-state index in [1.807, 2.05) is 43.3 Å². The Labute approximate surface area is 175 Å². The number of ether oxygens (including phenoxy) is 1. The Morgan fingerprint density at radius 1 is 1.03 bits per heavy atom. The molecule has 154 valence electrons. The Morgan fingerprint density at radius 3 is 2.60 bits per heavy atom. The second kappa shape index (κ2) is 7.84. The van der Waals surface area contributed by atoms with E-state index in [1.54, 1.807) is 6.20 Å².